The molecule has 0 heteroatoms. The first-order valence-corrected chi connectivity index (χ1v) is 21.9. The van der Waals surface area contributed by atoms with Crippen molar-refractivity contribution in [1.82, 2.24) is 0 Å². The number of benzene rings is 1. The van der Waals surface area contributed by atoms with Crippen LogP contribution >= 0.6 is 0 Å². The molecule has 0 fully saturated rings. The molecule has 1 aromatic carbocycles. The predicted molar refractivity (Wildman–Crippen MR) is 212 cm³/mol. The van der Waals surface area contributed by atoms with Crippen LogP contribution in [0.2, 0.25) is 0 Å². The molecule has 0 aliphatic heterocycles. The molecule has 0 aliphatic carbocycles. The average Bonchev–Trinajstić information content (AvgIpc) is 3.07. The second-order valence-corrected chi connectivity index (χ2v) is 15.3. The first-order valence-electron chi connectivity index (χ1n) is 21.9. The molecule has 0 atom stereocenters. The lowest BCUT2D eigenvalue weighted by atomic mass is 9.88. The Labute approximate surface area is 292 Å². The quantitative estimate of drug-likeness (QED) is 0.0642. The van der Waals surface area contributed by atoms with E-state index in [2.05, 4.69) is 39.8 Å². The third-order valence-electron chi connectivity index (χ3n) is 10.7. The van der Waals surface area contributed by atoms with E-state index >= 15 is 0 Å². The molecule has 0 saturated carbocycles. The van der Waals surface area contributed by atoms with Crippen molar-refractivity contribution in [3.8, 4) is 0 Å². The van der Waals surface area contributed by atoms with E-state index in [1.165, 1.54) is 231 Å². The van der Waals surface area contributed by atoms with Crippen LogP contribution in [-0.2, 0) is 25.7 Å². The smallest absolute Gasteiger partial charge is 0.0276 e. The SMILES string of the molecule is CCCCCCCCCCc1cc(CCCCCCCCCC)c(CCCCCCCCCC)cc1CCCCCCCCCC. The normalized spacial score (nSPS) is 11.6. The number of rotatable bonds is 36. The van der Waals surface area contributed by atoms with Crippen LogP contribution in [0.1, 0.15) is 255 Å². The lowest BCUT2D eigenvalue weighted by Gasteiger charge is -2.18. The Morgan fingerprint density at radius 2 is 0.370 bits per heavy atom. The molecule has 1 aromatic rings. The number of unbranched alkanes of at least 4 members (excludes halogenated alkanes) is 28. The van der Waals surface area contributed by atoms with Gasteiger partial charge in [0.15, 0.2) is 0 Å². The third-order valence-corrected chi connectivity index (χ3v) is 10.7. The summed E-state index contributed by atoms with van der Waals surface area (Å²) in [5.74, 6) is 0. The first kappa shape index (κ1) is 43.2. The van der Waals surface area contributed by atoms with Crippen molar-refractivity contribution in [2.45, 2.75) is 259 Å². The Bertz CT molecular complexity index is 622. The van der Waals surface area contributed by atoms with E-state index < -0.39 is 0 Å². The van der Waals surface area contributed by atoms with Gasteiger partial charge in [-0.1, -0.05) is 220 Å². The maximum atomic E-state index is 2.75. The summed E-state index contributed by atoms with van der Waals surface area (Å²) in [5, 5.41) is 0. The molecule has 270 valence electrons. The van der Waals surface area contributed by atoms with Crippen molar-refractivity contribution >= 4 is 0 Å². The van der Waals surface area contributed by atoms with Crippen LogP contribution in [0.5, 0.6) is 0 Å². The van der Waals surface area contributed by atoms with Crippen molar-refractivity contribution in [1.29, 1.82) is 0 Å². The molecule has 0 spiro atoms. The fraction of sp³-hybridized carbons (Fsp3) is 0.870. The van der Waals surface area contributed by atoms with Gasteiger partial charge in [0.1, 0.15) is 0 Å². The van der Waals surface area contributed by atoms with Crippen molar-refractivity contribution in [2.24, 2.45) is 0 Å². The summed E-state index contributed by atoms with van der Waals surface area (Å²) in [6, 6.07) is 5.51. The summed E-state index contributed by atoms with van der Waals surface area (Å²) in [6.07, 6.45) is 50.9. The molecule has 0 amide bonds. The first-order chi connectivity index (χ1) is 22.8. The van der Waals surface area contributed by atoms with E-state index in [0.29, 0.717) is 0 Å². The Morgan fingerprint density at radius 3 is 0.543 bits per heavy atom. The van der Waals surface area contributed by atoms with Gasteiger partial charge in [-0.2, -0.15) is 0 Å². The van der Waals surface area contributed by atoms with Crippen LogP contribution in [0.25, 0.3) is 0 Å². The summed E-state index contributed by atoms with van der Waals surface area (Å²) < 4.78 is 0. The zero-order chi connectivity index (χ0) is 33.2. The highest BCUT2D eigenvalue weighted by molar-refractivity contribution is 5.39. The highest BCUT2D eigenvalue weighted by Crippen LogP contribution is 2.26. The van der Waals surface area contributed by atoms with Crippen LogP contribution in [0.3, 0.4) is 0 Å². The fourth-order valence-corrected chi connectivity index (χ4v) is 7.52. The summed E-state index contributed by atoms with van der Waals surface area (Å²) in [7, 11) is 0. The van der Waals surface area contributed by atoms with Gasteiger partial charge >= 0.3 is 0 Å². The van der Waals surface area contributed by atoms with E-state index in [4.69, 9.17) is 0 Å². The van der Waals surface area contributed by atoms with E-state index in [1.54, 1.807) is 22.3 Å². The molecule has 0 N–H and O–H groups in total. The van der Waals surface area contributed by atoms with Crippen molar-refractivity contribution < 1.29 is 0 Å². The molecule has 0 radical (unpaired) electrons. The predicted octanol–water partition coefficient (Wildman–Crippen LogP) is 16.4. The van der Waals surface area contributed by atoms with Crippen LogP contribution in [0, 0.1) is 0 Å². The number of aryl methyl sites for hydroxylation is 4. The summed E-state index contributed by atoms with van der Waals surface area (Å²) in [5.41, 5.74) is 6.96. The molecule has 0 unspecified atom stereocenters. The minimum Gasteiger partial charge on any atom is -0.0654 e. The van der Waals surface area contributed by atoms with Crippen molar-refractivity contribution in [3.05, 3.63) is 34.4 Å². The lowest BCUT2D eigenvalue weighted by Crippen LogP contribution is -2.04. The topological polar surface area (TPSA) is 0 Å². The Hall–Kier alpha value is -0.780. The molecule has 0 saturated heterocycles. The van der Waals surface area contributed by atoms with Crippen LogP contribution in [-0.4, -0.2) is 0 Å². The van der Waals surface area contributed by atoms with Crippen LogP contribution in [0.15, 0.2) is 12.1 Å². The van der Waals surface area contributed by atoms with Gasteiger partial charge < -0.3 is 0 Å². The zero-order valence-electron chi connectivity index (χ0n) is 32.6. The van der Waals surface area contributed by atoms with Crippen molar-refractivity contribution in [3.63, 3.8) is 0 Å². The van der Waals surface area contributed by atoms with Crippen molar-refractivity contribution in [2.75, 3.05) is 0 Å². The standard InChI is InChI=1S/C46H86/c1-5-9-13-17-21-25-29-33-37-43-41-45(39-35-31-27-23-19-15-11-7-3)46(40-36-32-28-24-20-16-12-8-4)42-44(43)38-34-30-26-22-18-14-10-6-2/h41-42H,5-40H2,1-4H3. The monoisotopic (exact) mass is 639 g/mol. The molecule has 0 aromatic heterocycles. The largest absolute Gasteiger partial charge is 0.0654 e. The molecule has 0 heterocycles. The van der Waals surface area contributed by atoms with Gasteiger partial charge in [-0.3, -0.25) is 0 Å². The Kier molecular flexibility index (Phi) is 32.1. The molecule has 0 nitrogen and oxygen atoms in total. The fourth-order valence-electron chi connectivity index (χ4n) is 7.52. The Morgan fingerprint density at radius 1 is 0.217 bits per heavy atom. The van der Waals surface area contributed by atoms with Gasteiger partial charge in [-0.15, -0.1) is 0 Å². The second-order valence-electron chi connectivity index (χ2n) is 15.3. The average molecular weight is 639 g/mol. The molecular weight excluding hydrogens is 553 g/mol. The third kappa shape index (κ3) is 25.3. The van der Waals surface area contributed by atoms with Gasteiger partial charge in [0.25, 0.3) is 0 Å². The molecular formula is C46H86. The van der Waals surface area contributed by atoms with Crippen LogP contribution in [0.4, 0.5) is 0 Å². The summed E-state index contributed by atoms with van der Waals surface area (Å²) >= 11 is 0. The van der Waals surface area contributed by atoms with Gasteiger partial charge in [0, 0.05) is 0 Å². The number of hydrogen-bond acceptors (Lipinski definition) is 0. The summed E-state index contributed by atoms with van der Waals surface area (Å²) in [6.45, 7) is 9.31. The molecule has 0 bridgehead atoms. The molecule has 0 aliphatic rings. The van der Waals surface area contributed by atoms with Gasteiger partial charge in [0.2, 0.25) is 0 Å². The minimum atomic E-state index is 1.32. The van der Waals surface area contributed by atoms with Gasteiger partial charge in [-0.05, 0) is 73.6 Å². The summed E-state index contributed by atoms with van der Waals surface area (Å²) in [4.78, 5) is 0. The number of hydrogen-bond donors (Lipinski definition) is 0. The zero-order valence-corrected chi connectivity index (χ0v) is 32.6. The minimum absolute atomic E-state index is 1.32. The van der Waals surface area contributed by atoms with E-state index in [-0.39, 0.29) is 0 Å². The maximum Gasteiger partial charge on any atom is -0.0276 e. The highest BCUT2D eigenvalue weighted by atomic mass is 14.2. The Balaban J connectivity index is 2.82. The maximum absolute atomic E-state index is 2.75. The molecule has 46 heavy (non-hydrogen) atoms. The highest BCUT2D eigenvalue weighted by Gasteiger charge is 2.11. The van der Waals surface area contributed by atoms with E-state index in [9.17, 15) is 0 Å². The molecule has 1 rings (SSSR count). The van der Waals surface area contributed by atoms with Gasteiger partial charge in [0.05, 0.1) is 0 Å². The van der Waals surface area contributed by atoms with E-state index in [0.717, 1.165) is 0 Å². The second kappa shape index (κ2) is 34.1. The van der Waals surface area contributed by atoms with Gasteiger partial charge in [-0.25, -0.2) is 0 Å². The van der Waals surface area contributed by atoms with E-state index in [1.807, 2.05) is 0 Å². The lowest BCUT2D eigenvalue weighted by molar-refractivity contribution is 0.567. The van der Waals surface area contributed by atoms with Crippen LogP contribution < -0.4 is 0 Å².